The fraction of sp³-hybridized carbons (Fsp3) is 0.273. The molecule has 0 fully saturated rings. The van der Waals surface area contributed by atoms with Crippen LogP contribution in [0.25, 0.3) is 11.3 Å². The van der Waals surface area contributed by atoms with Gasteiger partial charge in [0.25, 0.3) is 0 Å². The second-order valence-corrected chi connectivity index (χ2v) is 3.62. The normalized spacial score (nSPS) is 10.9. The summed E-state index contributed by atoms with van der Waals surface area (Å²) in [5.41, 5.74) is 0.955. The van der Waals surface area contributed by atoms with Gasteiger partial charge >= 0.3 is 0 Å². The maximum atomic E-state index is 13.2. The van der Waals surface area contributed by atoms with Crippen LogP contribution in [-0.2, 0) is 13.2 Å². The van der Waals surface area contributed by atoms with Crippen molar-refractivity contribution >= 4 is 0 Å². The Labute approximate surface area is 101 Å². The van der Waals surface area contributed by atoms with Crippen LogP contribution in [-0.4, -0.2) is 31.8 Å². The number of benzene rings is 1. The number of nitrogens with zero attached hydrogens (tertiary/aromatic N) is 3. The minimum Gasteiger partial charge on any atom is -0.394 e. The number of halogens is 2. The molecule has 0 spiro atoms. The van der Waals surface area contributed by atoms with Crippen molar-refractivity contribution in [1.82, 2.24) is 15.0 Å². The lowest BCUT2D eigenvalue weighted by molar-refractivity contribution is 0.268. The quantitative estimate of drug-likeness (QED) is 0.844. The van der Waals surface area contributed by atoms with Crippen LogP contribution < -0.4 is 0 Å². The smallest absolute Gasteiger partial charge is 0.159 e. The first kappa shape index (κ1) is 12.6. The van der Waals surface area contributed by atoms with Crippen LogP contribution in [0.15, 0.2) is 18.2 Å². The predicted molar refractivity (Wildman–Crippen MR) is 58.4 cm³/mol. The Hall–Kier alpha value is -1.86. The van der Waals surface area contributed by atoms with Crippen LogP contribution in [0.2, 0.25) is 0 Å². The zero-order valence-electron chi connectivity index (χ0n) is 9.35. The first-order valence-electron chi connectivity index (χ1n) is 5.27. The molecule has 0 bridgehead atoms. The summed E-state index contributed by atoms with van der Waals surface area (Å²) in [5, 5.41) is 25.5. The van der Waals surface area contributed by atoms with E-state index in [1.165, 1.54) is 10.7 Å². The first-order chi connectivity index (χ1) is 8.67. The maximum absolute atomic E-state index is 13.2. The minimum atomic E-state index is -0.992. The van der Waals surface area contributed by atoms with E-state index in [-0.39, 0.29) is 25.5 Å². The number of hydrogen-bond acceptors (Lipinski definition) is 4. The topological polar surface area (TPSA) is 71.2 Å². The monoisotopic (exact) mass is 255 g/mol. The highest BCUT2D eigenvalue weighted by Crippen LogP contribution is 2.24. The van der Waals surface area contributed by atoms with Crippen molar-refractivity contribution in [2.45, 2.75) is 13.2 Å². The molecule has 1 heterocycles. The third kappa shape index (κ3) is 2.22. The van der Waals surface area contributed by atoms with Gasteiger partial charge in [-0.05, 0) is 18.2 Å². The molecule has 0 aliphatic rings. The van der Waals surface area contributed by atoms with Crippen molar-refractivity contribution in [3.05, 3.63) is 35.5 Å². The van der Waals surface area contributed by atoms with Crippen LogP contribution >= 0.6 is 0 Å². The third-order valence-corrected chi connectivity index (χ3v) is 2.46. The van der Waals surface area contributed by atoms with E-state index in [1.54, 1.807) is 0 Å². The second kappa shape index (κ2) is 5.19. The summed E-state index contributed by atoms with van der Waals surface area (Å²) in [6, 6.07) is 3.35. The number of aliphatic hydroxyl groups excluding tert-OH is 2. The molecule has 0 unspecified atom stereocenters. The Kier molecular flexibility index (Phi) is 3.63. The van der Waals surface area contributed by atoms with Gasteiger partial charge in [-0.2, -0.15) is 0 Å². The lowest BCUT2D eigenvalue weighted by Gasteiger charge is -2.06. The molecule has 0 saturated carbocycles. The van der Waals surface area contributed by atoms with Gasteiger partial charge < -0.3 is 10.2 Å². The SMILES string of the molecule is OCCn1nnc(CO)c1-c1ccc(F)c(F)c1. The molecular formula is C11H11F2N3O2. The Balaban J connectivity index is 2.53. The van der Waals surface area contributed by atoms with Crippen LogP contribution in [0.1, 0.15) is 5.69 Å². The summed E-state index contributed by atoms with van der Waals surface area (Å²) in [6.45, 7) is -0.397. The molecule has 1 aromatic carbocycles. The molecule has 0 atom stereocenters. The third-order valence-electron chi connectivity index (χ3n) is 2.46. The molecule has 0 amide bonds. The highest BCUT2D eigenvalue weighted by atomic mass is 19.2. The highest BCUT2D eigenvalue weighted by Gasteiger charge is 2.15. The lowest BCUT2D eigenvalue weighted by atomic mass is 10.1. The molecule has 0 saturated heterocycles. The lowest BCUT2D eigenvalue weighted by Crippen LogP contribution is -2.06. The fourth-order valence-electron chi connectivity index (χ4n) is 1.67. The number of aliphatic hydroxyl groups is 2. The summed E-state index contributed by atoms with van der Waals surface area (Å²) in [7, 11) is 0. The van der Waals surface area contributed by atoms with E-state index in [1.807, 2.05) is 0 Å². The van der Waals surface area contributed by atoms with Crippen molar-refractivity contribution in [2.75, 3.05) is 6.61 Å². The largest absolute Gasteiger partial charge is 0.394 e. The zero-order valence-corrected chi connectivity index (χ0v) is 9.35. The maximum Gasteiger partial charge on any atom is 0.159 e. The summed E-state index contributed by atoms with van der Waals surface area (Å²) < 4.78 is 27.4. The van der Waals surface area contributed by atoms with Crippen molar-refractivity contribution < 1.29 is 19.0 Å². The Bertz CT molecular complexity index is 557. The molecule has 2 rings (SSSR count). The molecule has 1 aromatic heterocycles. The second-order valence-electron chi connectivity index (χ2n) is 3.62. The summed E-state index contributed by atoms with van der Waals surface area (Å²) in [6.07, 6.45) is 0. The van der Waals surface area contributed by atoms with Crippen molar-refractivity contribution in [1.29, 1.82) is 0 Å². The average molecular weight is 255 g/mol. The molecule has 0 aliphatic heterocycles. The minimum absolute atomic E-state index is 0.154. The van der Waals surface area contributed by atoms with Crippen molar-refractivity contribution in [2.24, 2.45) is 0 Å². The number of aromatic nitrogens is 3. The summed E-state index contributed by atoms with van der Waals surface area (Å²) in [4.78, 5) is 0. The van der Waals surface area contributed by atoms with Crippen LogP contribution in [0.4, 0.5) is 8.78 Å². The van der Waals surface area contributed by atoms with E-state index < -0.39 is 11.6 Å². The molecule has 7 heteroatoms. The fourth-order valence-corrected chi connectivity index (χ4v) is 1.67. The molecule has 96 valence electrons. The first-order valence-corrected chi connectivity index (χ1v) is 5.27. The van der Waals surface area contributed by atoms with E-state index in [2.05, 4.69) is 10.3 Å². The van der Waals surface area contributed by atoms with E-state index in [4.69, 9.17) is 10.2 Å². The molecule has 5 nitrogen and oxygen atoms in total. The predicted octanol–water partition coefficient (Wildman–Crippen LogP) is 0.708. The van der Waals surface area contributed by atoms with E-state index in [9.17, 15) is 8.78 Å². The van der Waals surface area contributed by atoms with Crippen LogP contribution in [0.5, 0.6) is 0 Å². The summed E-state index contributed by atoms with van der Waals surface area (Å²) >= 11 is 0. The molecule has 18 heavy (non-hydrogen) atoms. The molecule has 2 aromatic rings. The van der Waals surface area contributed by atoms with E-state index >= 15 is 0 Å². The van der Waals surface area contributed by atoms with Crippen LogP contribution in [0.3, 0.4) is 0 Å². The van der Waals surface area contributed by atoms with Gasteiger partial charge in [0.1, 0.15) is 5.69 Å². The van der Waals surface area contributed by atoms with Gasteiger partial charge in [0, 0.05) is 5.56 Å². The summed E-state index contributed by atoms with van der Waals surface area (Å²) in [5.74, 6) is -1.95. The Morgan fingerprint density at radius 2 is 1.94 bits per heavy atom. The molecule has 0 radical (unpaired) electrons. The van der Waals surface area contributed by atoms with Gasteiger partial charge in [-0.1, -0.05) is 5.21 Å². The standard InChI is InChI=1S/C11H11F2N3O2/c12-8-2-1-7(5-9(8)13)11-10(6-18)14-15-16(11)3-4-17/h1-2,5,17-18H,3-4,6H2. The van der Waals surface area contributed by atoms with Gasteiger partial charge in [-0.3, -0.25) is 0 Å². The van der Waals surface area contributed by atoms with Gasteiger partial charge in [-0.15, -0.1) is 5.10 Å². The van der Waals surface area contributed by atoms with Gasteiger partial charge in [0.2, 0.25) is 0 Å². The van der Waals surface area contributed by atoms with Gasteiger partial charge in [-0.25, -0.2) is 13.5 Å². The molecular weight excluding hydrogens is 244 g/mol. The molecule has 2 N–H and O–H groups in total. The Morgan fingerprint density at radius 1 is 1.17 bits per heavy atom. The number of hydrogen-bond donors (Lipinski definition) is 2. The highest BCUT2D eigenvalue weighted by molar-refractivity contribution is 5.61. The molecule has 0 aliphatic carbocycles. The van der Waals surface area contributed by atoms with Crippen LogP contribution in [0, 0.1) is 11.6 Å². The number of rotatable bonds is 4. The zero-order chi connectivity index (χ0) is 13.1. The van der Waals surface area contributed by atoms with E-state index in [0.717, 1.165) is 12.1 Å². The average Bonchev–Trinajstić information content (AvgIpc) is 2.76. The van der Waals surface area contributed by atoms with Gasteiger partial charge in [0.15, 0.2) is 11.6 Å². The van der Waals surface area contributed by atoms with E-state index in [0.29, 0.717) is 11.3 Å². The van der Waals surface area contributed by atoms with Crippen molar-refractivity contribution in [3.63, 3.8) is 0 Å². The van der Waals surface area contributed by atoms with Crippen molar-refractivity contribution in [3.8, 4) is 11.3 Å². The van der Waals surface area contributed by atoms with Gasteiger partial charge in [0.05, 0.1) is 25.5 Å². The Morgan fingerprint density at radius 3 is 2.56 bits per heavy atom.